The van der Waals surface area contributed by atoms with Crippen molar-refractivity contribution in [1.82, 2.24) is 34.2 Å². The van der Waals surface area contributed by atoms with E-state index in [1.807, 2.05) is 47.9 Å². The fraction of sp³-hybridized carbons (Fsp3) is 0.310. The molecule has 1 saturated heterocycles. The van der Waals surface area contributed by atoms with Crippen molar-refractivity contribution in [3.05, 3.63) is 72.3 Å². The van der Waals surface area contributed by atoms with Crippen LogP contribution in [0.3, 0.4) is 0 Å². The van der Waals surface area contributed by atoms with E-state index in [4.69, 9.17) is 20.1 Å². The van der Waals surface area contributed by atoms with E-state index in [2.05, 4.69) is 38.7 Å². The van der Waals surface area contributed by atoms with Gasteiger partial charge in [-0.05, 0) is 51.6 Å². The molecular weight excluding hydrogens is 506 g/mol. The van der Waals surface area contributed by atoms with Gasteiger partial charge in [0.2, 0.25) is 5.89 Å². The van der Waals surface area contributed by atoms with E-state index in [1.165, 1.54) is 12.5 Å². The molecule has 0 spiro atoms. The van der Waals surface area contributed by atoms with Gasteiger partial charge in [-0.25, -0.2) is 24.9 Å². The number of nitrogens with zero attached hydrogens (tertiary/aromatic N) is 8. The lowest BCUT2D eigenvalue weighted by Crippen LogP contribution is -2.50. The molecule has 0 saturated carbocycles. The van der Waals surface area contributed by atoms with Crippen LogP contribution in [0.4, 0.5) is 11.6 Å². The number of rotatable bonds is 7. The van der Waals surface area contributed by atoms with Crippen molar-refractivity contribution in [2.75, 3.05) is 37.3 Å². The number of likely N-dealkylation sites (N-methyl/N-ethyl adjacent to an activating group) is 1. The number of nitrogens with two attached hydrogens (primary N) is 1. The second-order valence-electron chi connectivity index (χ2n) is 10.2. The molecule has 5 aromatic rings. The molecule has 5 aromatic heterocycles. The smallest absolute Gasteiger partial charge is 0.247 e. The highest BCUT2D eigenvalue weighted by Gasteiger charge is 2.24. The zero-order valence-electron chi connectivity index (χ0n) is 22.8. The summed E-state index contributed by atoms with van der Waals surface area (Å²) >= 11 is 0. The summed E-state index contributed by atoms with van der Waals surface area (Å²) in [6, 6.07) is 10.2. The molecule has 1 fully saturated rings. The molecule has 0 unspecified atom stereocenters. The molecule has 6 heterocycles. The highest BCUT2D eigenvalue weighted by atomic mass is 16.3. The Morgan fingerprint density at radius 3 is 2.77 bits per heavy atom. The van der Waals surface area contributed by atoms with Gasteiger partial charge in [-0.15, -0.1) is 0 Å². The third kappa shape index (κ3) is 4.91. The molecule has 2 N–H and O–H groups in total. The summed E-state index contributed by atoms with van der Waals surface area (Å²) in [7, 11) is 2.15. The van der Waals surface area contributed by atoms with Crippen molar-refractivity contribution in [3.8, 4) is 22.8 Å². The maximum Gasteiger partial charge on any atom is 0.247 e. The number of piperazine rings is 1. The summed E-state index contributed by atoms with van der Waals surface area (Å²) in [5, 5.41) is 0. The number of pyridine rings is 2. The summed E-state index contributed by atoms with van der Waals surface area (Å²) in [6.07, 6.45) is 7.37. The molecule has 11 nitrogen and oxygen atoms in total. The standard InChI is InChI=1S/C29H31N9O2/c1-18-15-32-23-10-7-20(17-38(18)23)25-27(29-31-11-14-40-29)35-28(30)26(34-25)22(39)9-8-21-5-4-6-24(33-21)37-13-12-36(3)19(2)16-37/h4-7,10-11,14-15,17,19H,8-9,12-13,16H2,1-3H3,(H2,30,35)/t19-/m0/s1. The number of hydrogen-bond acceptors (Lipinski definition) is 10. The number of carbonyl (C=O) groups excluding carboxylic acids is 1. The number of oxazole rings is 1. The largest absolute Gasteiger partial charge is 0.443 e. The lowest BCUT2D eigenvalue weighted by atomic mass is 10.1. The average molecular weight is 538 g/mol. The Kier molecular flexibility index (Phi) is 6.72. The number of imidazole rings is 1. The number of nitrogen functional groups attached to an aromatic ring is 1. The van der Waals surface area contributed by atoms with Crippen LogP contribution >= 0.6 is 0 Å². The molecule has 0 bridgehead atoms. The lowest BCUT2D eigenvalue weighted by molar-refractivity contribution is 0.0978. The van der Waals surface area contributed by atoms with E-state index < -0.39 is 0 Å². The zero-order valence-corrected chi connectivity index (χ0v) is 22.8. The Morgan fingerprint density at radius 2 is 1.98 bits per heavy atom. The van der Waals surface area contributed by atoms with Crippen molar-refractivity contribution < 1.29 is 9.21 Å². The SMILES string of the molecule is Cc1cnc2ccc(-c3nc(C(=O)CCc4cccc(N5CCN(C)[C@@H](C)C5)n4)c(N)nc3-c3ncco3)cn12. The van der Waals surface area contributed by atoms with E-state index in [1.54, 1.807) is 6.20 Å². The first-order chi connectivity index (χ1) is 19.4. The van der Waals surface area contributed by atoms with Gasteiger partial charge in [0.15, 0.2) is 17.3 Å². The molecular formula is C29H31N9O2. The zero-order chi connectivity index (χ0) is 27.8. The fourth-order valence-corrected chi connectivity index (χ4v) is 4.99. The van der Waals surface area contributed by atoms with Crippen LogP contribution in [-0.2, 0) is 6.42 Å². The maximum absolute atomic E-state index is 13.4. The number of ketones is 1. The van der Waals surface area contributed by atoms with Crippen molar-refractivity contribution >= 4 is 23.1 Å². The van der Waals surface area contributed by atoms with Crippen LogP contribution in [0.2, 0.25) is 0 Å². The Bertz CT molecular complexity index is 1680. The minimum absolute atomic E-state index is 0.0370. The minimum Gasteiger partial charge on any atom is -0.443 e. The van der Waals surface area contributed by atoms with E-state index in [0.29, 0.717) is 23.9 Å². The normalized spacial score (nSPS) is 16.1. The molecule has 1 atom stereocenters. The first-order valence-corrected chi connectivity index (χ1v) is 13.3. The first-order valence-electron chi connectivity index (χ1n) is 13.3. The molecule has 1 aliphatic heterocycles. The van der Waals surface area contributed by atoms with E-state index >= 15 is 0 Å². The third-order valence-corrected chi connectivity index (χ3v) is 7.47. The molecule has 204 valence electrons. The van der Waals surface area contributed by atoms with Gasteiger partial charge in [0.25, 0.3) is 0 Å². The van der Waals surface area contributed by atoms with Gasteiger partial charge < -0.3 is 24.4 Å². The molecule has 6 rings (SSSR count). The van der Waals surface area contributed by atoms with Gasteiger partial charge in [-0.3, -0.25) is 4.79 Å². The van der Waals surface area contributed by atoms with Gasteiger partial charge in [0, 0.05) is 61.4 Å². The van der Waals surface area contributed by atoms with Crippen LogP contribution in [0.25, 0.3) is 28.5 Å². The van der Waals surface area contributed by atoms with Gasteiger partial charge in [-0.2, -0.15) is 0 Å². The van der Waals surface area contributed by atoms with Crippen molar-refractivity contribution in [1.29, 1.82) is 0 Å². The monoisotopic (exact) mass is 537 g/mol. The van der Waals surface area contributed by atoms with Gasteiger partial charge in [-0.1, -0.05) is 6.07 Å². The van der Waals surface area contributed by atoms with Crippen LogP contribution in [0.15, 0.2) is 59.6 Å². The number of aromatic nitrogens is 6. The minimum atomic E-state index is -0.203. The summed E-state index contributed by atoms with van der Waals surface area (Å²) in [5.41, 5.74) is 10.6. The van der Waals surface area contributed by atoms with Crippen molar-refractivity contribution in [3.63, 3.8) is 0 Å². The van der Waals surface area contributed by atoms with Crippen LogP contribution in [0, 0.1) is 6.92 Å². The molecule has 40 heavy (non-hydrogen) atoms. The second-order valence-corrected chi connectivity index (χ2v) is 10.2. The Balaban J connectivity index is 1.28. The van der Waals surface area contributed by atoms with Crippen LogP contribution < -0.4 is 10.6 Å². The molecule has 11 heteroatoms. The number of hydrogen-bond donors (Lipinski definition) is 1. The predicted octanol–water partition coefficient (Wildman–Crippen LogP) is 3.69. The molecule has 0 radical (unpaired) electrons. The summed E-state index contributed by atoms with van der Waals surface area (Å²) in [5.74, 6) is 1.04. The van der Waals surface area contributed by atoms with Crippen LogP contribution in [-0.4, -0.2) is 72.7 Å². The van der Waals surface area contributed by atoms with Gasteiger partial charge in [0.1, 0.15) is 29.1 Å². The Morgan fingerprint density at radius 1 is 1.10 bits per heavy atom. The molecule has 0 amide bonds. The molecule has 1 aliphatic rings. The number of aryl methyl sites for hydroxylation is 2. The van der Waals surface area contributed by atoms with Gasteiger partial charge in [0.05, 0.1) is 6.20 Å². The van der Waals surface area contributed by atoms with Crippen molar-refractivity contribution in [2.45, 2.75) is 32.7 Å². The Labute approximate surface area is 231 Å². The quantitative estimate of drug-likeness (QED) is 0.307. The van der Waals surface area contributed by atoms with Crippen LogP contribution in [0.1, 0.15) is 35.2 Å². The highest BCUT2D eigenvalue weighted by molar-refractivity contribution is 5.99. The maximum atomic E-state index is 13.4. The summed E-state index contributed by atoms with van der Waals surface area (Å²) in [4.78, 5) is 40.8. The molecule has 0 aliphatic carbocycles. The van der Waals surface area contributed by atoms with Crippen molar-refractivity contribution in [2.24, 2.45) is 0 Å². The number of Topliss-reactive ketones (excluding diaryl/α,β-unsaturated/α-hetero) is 1. The highest BCUT2D eigenvalue weighted by Crippen LogP contribution is 2.31. The first kappa shape index (κ1) is 25.6. The Hall–Kier alpha value is -4.64. The predicted molar refractivity (Wildman–Crippen MR) is 152 cm³/mol. The fourth-order valence-electron chi connectivity index (χ4n) is 4.99. The van der Waals surface area contributed by atoms with Gasteiger partial charge >= 0.3 is 0 Å². The second kappa shape index (κ2) is 10.5. The van der Waals surface area contributed by atoms with E-state index in [9.17, 15) is 4.79 Å². The number of anilines is 2. The van der Waals surface area contributed by atoms with E-state index in [0.717, 1.165) is 48.1 Å². The summed E-state index contributed by atoms with van der Waals surface area (Å²) < 4.78 is 7.48. The topological polar surface area (TPSA) is 132 Å². The van der Waals surface area contributed by atoms with E-state index in [-0.39, 0.29) is 29.6 Å². The number of fused-ring (bicyclic) bond motifs is 1. The average Bonchev–Trinajstić information content (AvgIpc) is 3.63. The van der Waals surface area contributed by atoms with Crippen LogP contribution in [0.5, 0.6) is 0 Å². The lowest BCUT2D eigenvalue weighted by Gasteiger charge is -2.38. The third-order valence-electron chi connectivity index (χ3n) is 7.47. The number of carbonyl (C=O) groups is 1. The summed E-state index contributed by atoms with van der Waals surface area (Å²) in [6.45, 7) is 7.02. The molecule has 0 aromatic carbocycles.